The number of carbonyl (C=O) groups is 2. The quantitative estimate of drug-likeness (QED) is 0.688. The third-order valence-corrected chi connectivity index (χ3v) is 4.72. The number of hydrogen-bond acceptors (Lipinski definition) is 4. The van der Waals surface area contributed by atoms with Crippen molar-refractivity contribution < 1.29 is 14.3 Å². The van der Waals surface area contributed by atoms with Gasteiger partial charge in [-0.25, -0.2) is 4.79 Å². The fourth-order valence-electron chi connectivity index (χ4n) is 3.20. The minimum atomic E-state index is -0.762. The Kier molecular flexibility index (Phi) is 4.07. The van der Waals surface area contributed by atoms with Gasteiger partial charge in [-0.15, -0.1) is 5.01 Å². The molecule has 1 aromatic rings. The van der Waals surface area contributed by atoms with E-state index in [9.17, 15) is 9.59 Å². The maximum absolute atomic E-state index is 12.7. The molecule has 6 nitrogen and oxygen atoms in total. The number of urea groups is 1. The van der Waals surface area contributed by atoms with E-state index in [4.69, 9.17) is 4.74 Å². The number of amides is 3. The van der Waals surface area contributed by atoms with Crippen LogP contribution in [0.25, 0.3) is 0 Å². The van der Waals surface area contributed by atoms with Crippen LogP contribution in [0.15, 0.2) is 29.4 Å². The van der Waals surface area contributed by atoms with Crippen molar-refractivity contribution in [3.63, 3.8) is 0 Å². The molecule has 1 aliphatic carbocycles. The molecule has 2 aliphatic rings. The Hall–Kier alpha value is -2.37. The summed E-state index contributed by atoms with van der Waals surface area (Å²) in [6.45, 7) is 2.17. The number of benzene rings is 1. The van der Waals surface area contributed by atoms with Crippen LogP contribution >= 0.6 is 0 Å². The van der Waals surface area contributed by atoms with Gasteiger partial charge in [0.2, 0.25) is 0 Å². The van der Waals surface area contributed by atoms with Crippen LogP contribution in [0.2, 0.25) is 0 Å². The summed E-state index contributed by atoms with van der Waals surface area (Å²) in [5.41, 5.74) is -0.0457. The van der Waals surface area contributed by atoms with Gasteiger partial charge in [-0.2, -0.15) is 5.10 Å². The normalized spacial score (nSPS) is 27.7. The van der Waals surface area contributed by atoms with E-state index in [0.717, 1.165) is 17.9 Å². The Balaban J connectivity index is 1.80. The van der Waals surface area contributed by atoms with Gasteiger partial charge in [0, 0.05) is 5.56 Å². The minimum Gasteiger partial charge on any atom is -0.496 e. The first-order valence-corrected chi connectivity index (χ1v) is 7.89. The Labute approximate surface area is 135 Å². The standard InChI is InChI=1S/C17H21N3O3/c1-12-7-9-17(10-8-12)15(21)20(16(22)19-17)18-11-13-5-3-4-6-14(13)23-2/h3-6,11-12H,7-10H2,1-2H3,(H,19,22)/b18-11+. The van der Waals surface area contributed by atoms with Crippen LogP contribution in [0, 0.1) is 5.92 Å². The zero-order valence-electron chi connectivity index (χ0n) is 13.4. The van der Waals surface area contributed by atoms with Crippen molar-refractivity contribution in [2.24, 2.45) is 11.0 Å². The van der Waals surface area contributed by atoms with Gasteiger partial charge in [0.15, 0.2) is 0 Å². The Morgan fingerprint density at radius 3 is 2.70 bits per heavy atom. The molecule has 0 bridgehead atoms. The lowest BCUT2D eigenvalue weighted by molar-refractivity contribution is -0.132. The number of rotatable bonds is 3. The second kappa shape index (κ2) is 6.02. The van der Waals surface area contributed by atoms with Crippen molar-refractivity contribution in [2.45, 2.75) is 38.1 Å². The average molecular weight is 315 g/mol. The van der Waals surface area contributed by atoms with Gasteiger partial charge in [-0.05, 0) is 43.7 Å². The fraction of sp³-hybridized carbons (Fsp3) is 0.471. The molecule has 2 fully saturated rings. The monoisotopic (exact) mass is 315 g/mol. The molecule has 1 N–H and O–H groups in total. The topological polar surface area (TPSA) is 71.0 Å². The summed E-state index contributed by atoms with van der Waals surface area (Å²) in [5, 5.41) is 7.89. The molecule has 1 heterocycles. The van der Waals surface area contributed by atoms with E-state index in [0.29, 0.717) is 30.1 Å². The average Bonchev–Trinajstić information content (AvgIpc) is 2.79. The van der Waals surface area contributed by atoms with Crippen LogP contribution in [0.3, 0.4) is 0 Å². The number of ether oxygens (including phenoxy) is 1. The number of hydrogen-bond donors (Lipinski definition) is 1. The molecule has 6 heteroatoms. The molecule has 122 valence electrons. The Morgan fingerprint density at radius 1 is 1.30 bits per heavy atom. The number of nitrogens with one attached hydrogen (secondary N) is 1. The first-order valence-electron chi connectivity index (χ1n) is 7.89. The summed E-state index contributed by atoms with van der Waals surface area (Å²) in [6.07, 6.45) is 4.73. The lowest BCUT2D eigenvalue weighted by atomic mass is 9.77. The third kappa shape index (κ3) is 2.81. The van der Waals surface area contributed by atoms with Gasteiger partial charge in [0.1, 0.15) is 11.3 Å². The second-order valence-corrected chi connectivity index (χ2v) is 6.30. The first kappa shape index (κ1) is 15.5. The van der Waals surface area contributed by atoms with Gasteiger partial charge in [0.05, 0.1) is 13.3 Å². The van der Waals surface area contributed by atoms with E-state index in [1.54, 1.807) is 13.2 Å². The van der Waals surface area contributed by atoms with E-state index >= 15 is 0 Å². The number of hydrazone groups is 1. The van der Waals surface area contributed by atoms with Crippen LogP contribution in [-0.2, 0) is 4.79 Å². The van der Waals surface area contributed by atoms with E-state index in [2.05, 4.69) is 17.3 Å². The second-order valence-electron chi connectivity index (χ2n) is 6.30. The third-order valence-electron chi connectivity index (χ3n) is 4.72. The number of methoxy groups -OCH3 is 1. The van der Waals surface area contributed by atoms with E-state index < -0.39 is 11.6 Å². The molecule has 1 spiro atoms. The number of nitrogens with zero attached hydrogens (tertiary/aromatic N) is 2. The van der Waals surface area contributed by atoms with Gasteiger partial charge in [-0.3, -0.25) is 4.79 Å². The maximum atomic E-state index is 12.7. The van der Waals surface area contributed by atoms with Crippen LogP contribution < -0.4 is 10.1 Å². The van der Waals surface area contributed by atoms with Crippen molar-refractivity contribution in [1.29, 1.82) is 0 Å². The first-order chi connectivity index (χ1) is 11.1. The maximum Gasteiger partial charge on any atom is 0.346 e. The molecule has 23 heavy (non-hydrogen) atoms. The smallest absolute Gasteiger partial charge is 0.346 e. The highest BCUT2D eigenvalue weighted by atomic mass is 16.5. The largest absolute Gasteiger partial charge is 0.496 e. The van der Waals surface area contributed by atoms with E-state index in [1.807, 2.05) is 18.2 Å². The van der Waals surface area contributed by atoms with Gasteiger partial charge in [-0.1, -0.05) is 19.1 Å². The van der Waals surface area contributed by atoms with Gasteiger partial charge in [0.25, 0.3) is 5.91 Å². The molecule has 1 aromatic carbocycles. The highest BCUT2D eigenvalue weighted by molar-refractivity contribution is 6.07. The molecule has 3 rings (SSSR count). The molecule has 1 saturated carbocycles. The zero-order valence-corrected chi connectivity index (χ0v) is 13.4. The highest BCUT2D eigenvalue weighted by Gasteiger charge is 2.52. The summed E-state index contributed by atoms with van der Waals surface area (Å²) in [7, 11) is 1.57. The van der Waals surface area contributed by atoms with Crippen LogP contribution in [0.1, 0.15) is 38.2 Å². The van der Waals surface area contributed by atoms with Crippen molar-refractivity contribution in [3.05, 3.63) is 29.8 Å². The molecule has 1 aliphatic heterocycles. The van der Waals surface area contributed by atoms with Crippen molar-refractivity contribution in [1.82, 2.24) is 10.3 Å². The van der Waals surface area contributed by atoms with Crippen LogP contribution in [0.4, 0.5) is 4.79 Å². The molecule has 0 radical (unpaired) electrons. The molecule has 1 saturated heterocycles. The number of imide groups is 1. The summed E-state index contributed by atoms with van der Waals surface area (Å²) < 4.78 is 5.24. The Bertz CT molecular complexity index is 648. The molecule has 3 amide bonds. The lowest BCUT2D eigenvalue weighted by Gasteiger charge is -2.33. The summed E-state index contributed by atoms with van der Waals surface area (Å²) in [6, 6.07) is 6.87. The van der Waals surface area contributed by atoms with Crippen molar-refractivity contribution >= 4 is 18.2 Å². The van der Waals surface area contributed by atoms with Crippen LogP contribution in [-0.4, -0.2) is 35.8 Å². The van der Waals surface area contributed by atoms with Gasteiger partial charge >= 0.3 is 6.03 Å². The number of para-hydroxylation sites is 1. The highest BCUT2D eigenvalue weighted by Crippen LogP contribution is 2.36. The predicted octanol–water partition coefficient (Wildman–Crippen LogP) is 2.53. The molecular formula is C17H21N3O3. The Morgan fingerprint density at radius 2 is 2.00 bits per heavy atom. The number of carbonyl (C=O) groups excluding carboxylic acids is 2. The van der Waals surface area contributed by atoms with Crippen molar-refractivity contribution in [3.8, 4) is 5.75 Å². The molecular weight excluding hydrogens is 294 g/mol. The molecule has 0 unspecified atom stereocenters. The predicted molar refractivity (Wildman–Crippen MR) is 86.3 cm³/mol. The SMILES string of the molecule is COc1ccccc1/C=N/N1C(=O)NC2(CCC(C)CC2)C1=O. The van der Waals surface area contributed by atoms with Gasteiger partial charge < -0.3 is 10.1 Å². The summed E-state index contributed by atoms with van der Waals surface area (Å²) >= 11 is 0. The lowest BCUT2D eigenvalue weighted by Crippen LogP contribution is -2.49. The fourth-order valence-corrected chi connectivity index (χ4v) is 3.20. The summed E-state index contributed by atoms with van der Waals surface area (Å²) in [5.74, 6) is 0.988. The van der Waals surface area contributed by atoms with E-state index in [1.165, 1.54) is 6.21 Å². The summed E-state index contributed by atoms with van der Waals surface area (Å²) in [4.78, 5) is 24.8. The van der Waals surface area contributed by atoms with Crippen molar-refractivity contribution in [2.75, 3.05) is 7.11 Å². The van der Waals surface area contributed by atoms with E-state index in [-0.39, 0.29) is 5.91 Å². The zero-order chi connectivity index (χ0) is 16.4. The van der Waals surface area contributed by atoms with Crippen LogP contribution in [0.5, 0.6) is 5.75 Å². The molecule has 0 atom stereocenters. The molecule has 0 aromatic heterocycles. The minimum absolute atomic E-state index is 0.249.